The van der Waals surface area contributed by atoms with Crippen LogP contribution < -0.4 is 4.90 Å². The molecule has 0 N–H and O–H groups in total. The molecule has 1 saturated carbocycles. The normalized spacial score (nSPS) is 15.4. The van der Waals surface area contributed by atoms with Crippen molar-refractivity contribution in [1.82, 2.24) is 0 Å². The molecule has 0 unspecified atom stereocenters. The fourth-order valence-corrected chi connectivity index (χ4v) is 11.7. The van der Waals surface area contributed by atoms with Crippen LogP contribution in [0.25, 0.3) is 66.1 Å². The van der Waals surface area contributed by atoms with E-state index < -0.39 is 0 Å². The number of fused-ring (bicyclic) bond motifs is 11. The van der Waals surface area contributed by atoms with Crippen LogP contribution in [-0.4, -0.2) is 0 Å². The lowest BCUT2D eigenvalue weighted by Gasteiger charge is -2.37. The molecule has 0 amide bonds. The summed E-state index contributed by atoms with van der Waals surface area (Å²) in [6.45, 7) is 4.80. The largest absolute Gasteiger partial charge is 0.310 e. The van der Waals surface area contributed by atoms with Gasteiger partial charge >= 0.3 is 0 Å². The number of anilines is 3. The van der Waals surface area contributed by atoms with E-state index in [4.69, 9.17) is 0 Å². The Bertz CT molecular complexity index is 3160. The third-order valence-corrected chi connectivity index (χ3v) is 14.4. The molecule has 0 heterocycles. The molecule has 1 nitrogen and oxygen atoms in total. The number of benzene rings is 9. The second-order valence-corrected chi connectivity index (χ2v) is 17.9. The van der Waals surface area contributed by atoms with Crippen LogP contribution in [0.2, 0.25) is 0 Å². The van der Waals surface area contributed by atoms with E-state index in [2.05, 4.69) is 207 Å². The Hall–Kier alpha value is -6.70. The fourth-order valence-electron chi connectivity index (χ4n) is 11.7. The minimum Gasteiger partial charge on any atom is -0.310 e. The molecule has 9 aromatic carbocycles. The molecule has 60 heavy (non-hydrogen) atoms. The van der Waals surface area contributed by atoms with Crippen molar-refractivity contribution in [3.8, 4) is 44.5 Å². The Morgan fingerprint density at radius 2 is 0.967 bits per heavy atom. The first-order chi connectivity index (χ1) is 29.5. The summed E-state index contributed by atoms with van der Waals surface area (Å²) >= 11 is 0. The van der Waals surface area contributed by atoms with Crippen LogP contribution >= 0.6 is 0 Å². The van der Waals surface area contributed by atoms with Gasteiger partial charge in [-0.1, -0.05) is 185 Å². The summed E-state index contributed by atoms with van der Waals surface area (Å²) in [7, 11) is 0. The predicted octanol–water partition coefficient (Wildman–Crippen LogP) is 16.3. The molecule has 1 heteroatoms. The SMILES string of the molecule is CC1(C)c2ccccc2-c2cccc(-c3ccccc3N(c3ccc(-c4ccc5c(ccc6ccccc65)c4)cc3)c3ccc4c(c3)C3(CCCCC3)c3ccccc3-4)c21. The lowest BCUT2D eigenvalue weighted by Crippen LogP contribution is -2.28. The van der Waals surface area contributed by atoms with Gasteiger partial charge in [0.05, 0.1) is 5.69 Å². The van der Waals surface area contributed by atoms with Crippen LogP contribution in [0.3, 0.4) is 0 Å². The summed E-state index contributed by atoms with van der Waals surface area (Å²) in [4.78, 5) is 2.54. The van der Waals surface area contributed by atoms with Crippen molar-refractivity contribution in [2.24, 2.45) is 0 Å². The van der Waals surface area contributed by atoms with Crippen molar-refractivity contribution in [2.75, 3.05) is 4.90 Å². The molecular weight excluding hydrogens is 723 g/mol. The lowest BCUT2D eigenvalue weighted by molar-refractivity contribution is 0.353. The summed E-state index contributed by atoms with van der Waals surface area (Å²) < 4.78 is 0. The van der Waals surface area contributed by atoms with E-state index >= 15 is 0 Å². The van der Waals surface area contributed by atoms with Gasteiger partial charge in [0, 0.05) is 27.8 Å². The first kappa shape index (κ1) is 35.3. The van der Waals surface area contributed by atoms with Gasteiger partial charge in [0.15, 0.2) is 0 Å². The van der Waals surface area contributed by atoms with Gasteiger partial charge in [-0.05, 0) is 132 Å². The number of hydrogen-bond donors (Lipinski definition) is 0. The van der Waals surface area contributed by atoms with E-state index in [1.807, 2.05) is 0 Å². The van der Waals surface area contributed by atoms with Gasteiger partial charge in [0.25, 0.3) is 0 Å². The second-order valence-electron chi connectivity index (χ2n) is 17.9. The monoisotopic (exact) mass is 769 g/mol. The molecule has 0 atom stereocenters. The lowest BCUT2D eigenvalue weighted by atomic mass is 9.68. The van der Waals surface area contributed by atoms with E-state index in [1.54, 1.807) is 0 Å². The zero-order valence-electron chi connectivity index (χ0n) is 34.4. The molecule has 3 aliphatic rings. The third kappa shape index (κ3) is 5.18. The summed E-state index contributed by atoms with van der Waals surface area (Å²) in [5.74, 6) is 0. The van der Waals surface area contributed by atoms with E-state index in [0.717, 1.165) is 5.69 Å². The summed E-state index contributed by atoms with van der Waals surface area (Å²) in [6.07, 6.45) is 6.28. The summed E-state index contributed by atoms with van der Waals surface area (Å²) in [5.41, 5.74) is 19.8. The average molecular weight is 770 g/mol. The van der Waals surface area contributed by atoms with Crippen molar-refractivity contribution >= 4 is 38.6 Å². The maximum Gasteiger partial charge on any atom is 0.0540 e. The molecule has 0 saturated heterocycles. The zero-order chi connectivity index (χ0) is 40.0. The Balaban J connectivity index is 1.04. The quantitative estimate of drug-likeness (QED) is 0.158. The highest BCUT2D eigenvalue weighted by Gasteiger charge is 2.44. The summed E-state index contributed by atoms with van der Waals surface area (Å²) in [6, 6.07) is 71.1. The molecule has 0 bridgehead atoms. The molecule has 0 aromatic heterocycles. The second kappa shape index (κ2) is 13.4. The van der Waals surface area contributed by atoms with Crippen LogP contribution in [0.4, 0.5) is 17.1 Å². The topological polar surface area (TPSA) is 3.24 Å². The Labute approximate surface area is 353 Å². The van der Waals surface area contributed by atoms with Crippen molar-refractivity contribution in [3.05, 3.63) is 210 Å². The average Bonchev–Trinajstić information content (AvgIpc) is 3.71. The van der Waals surface area contributed by atoms with Crippen LogP contribution in [0.15, 0.2) is 188 Å². The standard InChI is InChI=1S/C59H47N/c1-58(2)53-22-9-6-18-48(53)51-20-14-21-52(57(51)58)50-19-8-11-24-56(50)60(44-32-34-49-47-17-7-10-23-54(47)59(55(49)38-44)35-12-3-13-36-59)43-30-27-39(28-31-43)41-29-33-46-42(37-41)26-25-40-15-4-5-16-45(40)46/h4-11,14-34,37-38H,3,12-13,35-36H2,1-2H3. The maximum absolute atomic E-state index is 2.56. The highest BCUT2D eigenvalue weighted by atomic mass is 15.1. The predicted molar refractivity (Wildman–Crippen MR) is 254 cm³/mol. The van der Waals surface area contributed by atoms with Crippen LogP contribution in [0.5, 0.6) is 0 Å². The van der Waals surface area contributed by atoms with Gasteiger partial charge in [0.1, 0.15) is 0 Å². The number of hydrogen-bond acceptors (Lipinski definition) is 1. The van der Waals surface area contributed by atoms with Crippen LogP contribution in [-0.2, 0) is 10.8 Å². The zero-order valence-corrected chi connectivity index (χ0v) is 34.4. The van der Waals surface area contributed by atoms with Crippen molar-refractivity contribution < 1.29 is 0 Å². The van der Waals surface area contributed by atoms with Gasteiger partial charge in [-0.3, -0.25) is 0 Å². The van der Waals surface area contributed by atoms with Crippen molar-refractivity contribution in [3.63, 3.8) is 0 Å². The maximum atomic E-state index is 2.56. The Kier molecular flexibility index (Phi) is 7.88. The first-order valence-corrected chi connectivity index (χ1v) is 21.9. The highest BCUT2D eigenvalue weighted by Crippen LogP contribution is 2.58. The first-order valence-electron chi connectivity index (χ1n) is 21.9. The smallest absolute Gasteiger partial charge is 0.0540 e. The van der Waals surface area contributed by atoms with Crippen LogP contribution in [0, 0.1) is 0 Å². The molecule has 0 aliphatic heterocycles. The molecular formula is C59H47N. The van der Waals surface area contributed by atoms with E-state index in [1.165, 1.54) is 132 Å². The summed E-state index contributed by atoms with van der Waals surface area (Å²) in [5, 5.41) is 5.14. The number of para-hydroxylation sites is 1. The Morgan fingerprint density at radius 1 is 0.383 bits per heavy atom. The highest BCUT2D eigenvalue weighted by molar-refractivity contribution is 6.08. The van der Waals surface area contributed by atoms with Crippen molar-refractivity contribution in [1.29, 1.82) is 0 Å². The van der Waals surface area contributed by atoms with E-state index in [-0.39, 0.29) is 10.8 Å². The molecule has 288 valence electrons. The number of rotatable bonds is 5. The minimum atomic E-state index is -0.138. The minimum absolute atomic E-state index is 0.0622. The van der Waals surface area contributed by atoms with Gasteiger partial charge in [-0.2, -0.15) is 0 Å². The molecule has 0 radical (unpaired) electrons. The molecule has 1 spiro atoms. The van der Waals surface area contributed by atoms with Gasteiger partial charge < -0.3 is 4.90 Å². The van der Waals surface area contributed by atoms with Gasteiger partial charge in [-0.25, -0.2) is 0 Å². The Morgan fingerprint density at radius 3 is 1.78 bits per heavy atom. The van der Waals surface area contributed by atoms with Crippen molar-refractivity contribution in [2.45, 2.75) is 56.8 Å². The molecule has 9 aromatic rings. The van der Waals surface area contributed by atoms with E-state index in [9.17, 15) is 0 Å². The molecule has 1 fully saturated rings. The third-order valence-electron chi connectivity index (χ3n) is 14.4. The van der Waals surface area contributed by atoms with E-state index in [0.29, 0.717) is 0 Å². The fraction of sp³-hybridized carbons (Fsp3) is 0.153. The van der Waals surface area contributed by atoms with Gasteiger partial charge in [0.2, 0.25) is 0 Å². The number of nitrogens with zero attached hydrogens (tertiary/aromatic N) is 1. The van der Waals surface area contributed by atoms with Crippen LogP contribution in [0.1, 0.15) is 68.2 Å². The molecule has 3 aliphatic carbocycles. The molecule has 12 rings (SSSR count). The van der Waals surface area contributed by atoms with Gasteiger partial charge in [-0.15, -0.1) is 0 Å².